The van der Waals surface area contributed by atoms with Gasteiger partial charge >= 0.3 is 0 Å². The number of hydrogen-bond donors (Lipinski definition) is 2. The van der Waals surface area contributed by atoms with Crippen LogP contribution in [0, 0.1) is 24.0 Å². The van der Waals surface area contributed by atoms with Crippen LogP contribution in [0.1, 0.15) is 23.6 Å². The van der Waals surface area contributed by atoms with Crippen molar-refractivity contribution in [2.45, 2.75) is 27.2 Å². The zero-order valence-corrected chi connectivity index (χ0v) is 16.8. The Morgan fingerprint density at radius 2 is 1.79 bits per heavy atom. The van der Waals surface area contributed by atoms with Gasteiger partial charge < -0.3 is 10.6 Å². The van der Waals surface area contributed by atoms with E-state index in [0.29, 0.717) is 24.9 Å². The fraction of sp³-hybridized carbons (Fsp3) is 0.286. The van der Waals surface area contributed by atoms with E-state index in [0.717, 1.165) is 23.2 Å². The molecular weight excluding hydrogens is 368 g/mol. The molecule has 2 aromatic heterocycles. The number of aromatic nitrogens is 3. The minimum absolute atomic E-state index is 0.0306. The van der Waals surface area contributed by atoms with Gasteiger partial charge in [0.2, 0.25) is 5.95 Å². The number of nitro groups is 1. The maximum absolute atomic E-state index is 10.7. The first-order valence-electron chi connectivity index (χ1n) is 9.49. The van der Waals surface area contributed by atoms with E-state index in [4.69, 9.17) is 4.98 Å². The average molecular weight is 392 g/mol. The normalized spacial score (nSPS) is 10.6. The lowest BCUT2D eigenvalue weighted by molar-refractivity contribution is -0.385. The lowest BCUT2D eigenvalue weighted by atomic mass is 10.0. The van der Waals surface area contributed by atoms with Crippen LogP contribution in [0.15, 0.2) is 42.7 Å². The van der Waals surface area contributed by atoms with Crippen molar-refractivity contribution in [3.05, 3.63) is 69.5 Å². The lowest BCUT2D eigenvalue weighted by Gasteiger charge is -2.12. The van der Waals surface area contributed by atoms with E-state index in [-0.39, 0.29) is 5.69 Å². The maximum atomic E-state index is 10.7. The summed E-state index contributed by atoms with van der Waals surface area (Å²) in [4.78, 5) is 23.3. The second-order valence-corrected chi connectivity index (χ2v) is 6.73. The van der Waals surface area contributed by atoms with Gasteiger partial charge in [-0.2, -0.15) is 0 Å². The summed E-state index contributed by atoms with van der Waals surface area (Å²) in [7, 11) is 0. The Bertz CT molecular complexity index is 1000. The summed E-state index contributed by atoms with van der Waals surface area (Å²) < 4.78 is 0. The van der Waals surface area contributed by atoms with Crippen molar-refractivity contribution in [1.29, 1.82) is 0 Å². The monoisotopic (exact) mass is 392 g/mol. The largest absolute Gasteiger partial charge is 0.368 e. The number of nitrogens with one attached hydrogen (secondary N) is 2. The third-order valence-corrected chi connectivity index (χ3v) is 4.70. The predicted molar refractivity (Wildman–Crippen MR) is 114 cm³/mol. The molecule has 0 radical (unpaired) electrons. The van der Waals surface area contributed by atoms with Gasteiger partial charge in [-0.1, -0.05) is 19.1 Å². The molecular formula is C21H24N6O2. The smallest absolute Gasteiger partial charge is 0.287 e. The molecule has 3 rings (SSSR count). The van der Waals surface area contributed by atoms with Gasteiger partial charge in [-0.15, -0.1) is 0 Å². The molecule has 0 aliphatic heterocycles. The summed E-state index contributed by atoms with van der Waals surface area (Å²) in [6, 6.07) is 9.37. The van der Waals surface area contributed by atoms with Crippen molar-refractivity contribution in [2.24, 2.45) is 0 Å². The second-order valence-electron chi connectivity index (χ2n) is 6.73. The Hall–Kier alpha value is -3.55. The Morgan fingerprint density at radius 1 is 1.00 bits per heavy atom. The molecule has 150 valence electrons. The third-order valence-electron chi connectivity index (χ3n) is 4.70. The highest BCUT2D eigenvalue weighted by Crippen LogP contribution is 2.25. The molecule has 0 spiro atoms. The predicted octanol–water partition coefficient (Wildman–Crippen LogP) is 4.15. The number of rotatable bonds is 8. The number of aryl methyl sites for hydroxylation is 3. The molecule has 8 heteroatoms. The summed E-state index contributed by atoms with van der Waals surface area (Å²) in [5, 5.41) is 17.0. The van der Waals surface area contributed by atoms with Crippen LogP contribution in [0.5, 0.6) is 0 Å². The Morgan fingerprint density at radius 3 is 2.45 bits per heavy atom. The van der Waals surface area contributed by atoms with E-state index in [9.17, 15) is 10.1 Å². The van der Waals surface area contributed by atoms with Crippen molar-refractivity contribution < 1.29 is 4.92 Å². The quantitative estimate of drug-likeness (QED) is 0.337. The maximum Gasteiger partial charge on any atom is 0.287 e. The van der Waals surface area contributed by atoms with E-state index < -0.39 is 4.92 Å². The minimum Gasteiger partial charge on any atom is -0.368 e. The van der Waals surface area contributed by atoms with Crippen LogP contribution in [0.4, 0.5) is 17.5 Å². The molecule has 2 N–H and O–H groups in total. The van der Waals surface area contributed by atoms with Crippen LogP contribution in [-0.2, 0) is 6.42 Å². The Balaban J connectivity index is 1.64. The fourth-order valence-corrected chi connectivity index (χ4v) is 2.85. The van der Waals surface area contributed by atoms with E-state index in [1.807, 2.05) is 6.20 Å². The van der Waals surface area contributed by atoms with Crippen LogP contribution in [0.2, 0.25) is 0 Å². The van der Waals surface area contributed by atoms with Crippen molar-refractivity contribution in [3.8, 4) is 11.3 Å². The van der Waals surface area contributed by atoms with E-state index >= 15 is 0 Å². The van der Waals surface area contributed by atoms with Crippen LogP contribution >= 0.6 is 0 Å². The van der Waals surface area contributed by atoms with Gasteiger partial charge in [0, 0.05) is 30.9 Å². The standard InChI is InChI=1S/C21H24N6O2/c1-4-16-12-25-21(26-20(16)17-6-5-14(2)15(3)11-17)23-10-9-22-19-8-7-18(13-24-19)27(28)29/h5-8,11-13H,4,9-10H2,1-3H3,(H,22,24)(H,23,25,26). The van der Waals surface area contributed by atoms with Crippen molar-refractivity contribution in [3.63, 3.8) is 0 Å². The van der Waals surface area contributed by atoms with E-state index in [1.165, 1.54) is 23.4 Å². The molecule has 3 aromatic rings. The number of benzene rings is 1. The van der Waals surface area contributed by atoms with Gasteiger partial charge in [0.1, 0.15) is 12.0 Å². The summed E-state index contributed by atoms with van der Waals surface area (Å²) in [6.45, 7) is 7.44. The summed E-state index contributed by atoms with van der Waals surface area (Å²) in [5.41, 5.74) is 5.59. The Labute approximate surface area is 169 Å². The van der Waals surface area contributed by atoms with Crippen LogP contribution < -0.4 is 10.6 Å². The molecule has 29 heavy (non-hydrogen) atoms. The highest BCUT2D eigenvalue weighted by Gasteiger charge is 2.10. The Kier molecular flexibility index (Phi) is 6.33. The van der Waals surface area contributed by atoms with Crippen molar-refractivity contribution >= 4 is 17.5 Å². The number of nitrogens with zero attached hydrogens (tertiary/aromatic N) is 4. The first-order valence-corrected chi connectivity index (χ1v) is 9.49. The van der Waals surface area contributed by atoms with Crippen LogP contribution in [-0.4, -0.2) is 33.0 Å². The summed E-state index contributed by atoms with van der Waals surface area (Å²) in [6.07, 6.45) is 3.96. The molecule has 0 saturated carbocycles. The van der Waals surface area contributed by atoms with Crippen molar-refractivity contribution in [2.75, 3.05) is 23.7 Å². The molecule has 0 aliphatic carbocycles. The third kappa shape index (κ3) is 5.04. The van der Waals surface area contributed by atoms with Gasteiger partial charge in [0.25, 0.3) is 5.69 Å². The zero-order chi connectivity index (χ0) is 20.8. The molecule has 8 nitrogen and oxygen atoms in total. The van der Waals surface area contributed by atoms with Gasteiger partial charge in [0.15, 0.2) is 0 Å². The molecule has 0 bridgehead atoms. The SMILES string of the molecule is CCc1cnc(NCCNc2ccc([N+](=O)[O-])cn2)nc1-c1ccc(C)c(C)c1. The van der Waals surface area contributed by atoms with E-state index in [2.05, 4.69) is 59.6 Å². The number of hydrogen-bond acceptors (Lipinski definition) is 7. The molecule has 0 fully saturated rings. The van der Waals surface area contributed by atoms with Gasteiger partial charge in [0.05, 0.1) is 10.6 Å². The topological polar surface area (TPSA) is 106 Å². The van der Waals surface area contributed by atoms with Crippen molar-refractivity contribution in [1.82, 2.24) is 15.0 Å². The lowest BCUT2D eigenvalue weighted by Crippen LogP contribution is -2.16. The number of anilines is 2. The first kappa shape index (κ1) is 20.2. The molecule has 0 aliphatic rings. The molecule has 0 atom stereocenters. The van der Waals surface area contributed by atoms with Crippen LogP contribution in [0.3, 0.4) is 0 Å². The first-order chi connectivity index (χ1) is 14.0. The van der Waals surface area contributed by atoms with E-state index in [1.54, 1.807) is 6.07 Å². The fourth-order valence-electron chi connectivity index (χ4n) is 2.85. The van der Waals surface area contributed by atoms with Gasteiger partial charge in [-0.3, -0.25) is 10.1 Å². The van der Waals surface area contributed by atoms with Gasteiger partial charge in [-0.05, 0) is 49.1 Å². The summed E-state index contributed by atoms with van der Waals surface area (Å²) in [5.74, 6) is 1.14. The molecule has 2 heterocycles. The molecule has 0 saturated heterocycles. The second kappa shape index (κ2) is 9.09. The molecule has 0 amide bonds. The van der Waals surface area contributed by atoms with Gasteiger partial charge in [-0.25, -0.2) is 15.0 Å². The summed E-state index contributed by atoms with van der Waals surface area (Å²) >= 11 is 0. The zero-order valence-electron chi connectivity index (χ0n) is 16.8. The van der Waals surface area contributed by atoms with Crippen LogP contribution in [0.25, 0.3) is 11.3 Å². The highest BCUT2D eigenvalue weighted by atomic mass is 16.6. The average Bonchev–Trinajstić information content (AvgIpc) is 2.73. The molecule has 1 aromatic carbocycles. The number of pyridine rings is 1. The minimum atomic E-state index is -0.469. The highest BCUT2D eigenvalue weighted by molar-refractivity contribution is 5.65. The molecule has 0 unspecified atom stereocenters.